The average Bonchev–Trinajstić information content (AvgIpc) is 2.81. The molecule has 1 atom stereocenters. The summed E-state index contributed by atoms with van der Waals surface area (Å²) in [4.78, 5) is 2.52. The second-order valence-corrected chi connectivity index (χ2v) is 6.09. The Bertz CT molecular complexity index is 394. The van der Waals surface area contributed by atoms with Gasteiger partial charge in [0.1, 0.15) is 0 Å². The SMILES string of the molecule is CCNCC1CCN(c2cc(C)c(Br)c(C)c2)C1. The van der Waals surface area contributed by atoms with Crippen LogP contribution in [0.15, 0.2) is 16.6 Å². The molecule has 0 spiro atoms. The molecule has 1 aliphatic heterocycles. The largest absolute Gasteiger partial charge is 0.371 e. The summed E-state index contributed by atoms with van der Waals surface area (Å²) in [6.07, 6.45) is 1.31. The highest BCUT2D eigenvalue weighted by Gasteiger charge is 2.22. The van der Waals surface area contributed by atoms with Crippen LogP contribution in [0.2, 0.25) is 0 Å². The maximum absolute atomic E-state index is 3.64. The molecule has 1 heterocycles. The molecule has 1 aliphatic rings. The Morgan fingerprint density at radius 3 is 2.61 bits per heavy atom. The van der Waals surface area contributed by atoms with E-state index in [0.717, 1.165) is 19.0 Å². The summed E-state index contributed by atoms with van der Waals surface area (Å²) in [7, 11) is 0. The Kier molecular flexibility index (Phi) is 4.68. The molecule has 2 rings (SSSR count). The van der Waals surface area contributed by atoms with E-state index in [1.165, 1.54) is 40.8 Å². The minimum absolute atomic E-state index is 0.800. The zero-order valence-corrected chi connectivity index (χ0v) is 13.2. The number of rotatable bonds is 4. The van der Waals surface area contributed by atoms with E-state index in [2.05, 4.69) is 59.1 Å². The Balaban J connectivity index is 2.05. The molecule has 1 unspecified atom stereocenters. The molecule has 1 N–H and O–H groups in total. The number of aryl methyl sites for hydroxylation is 2. The number of halogens is 1. The number of benzene rings is 1. The van der Waals surface area contributed by atoms with Crippen molar-refractivity contribution in [1.29, 1.82) is 0 Å². The molecule has 0 radical (unpaired) electrons. The van der Waals surface area contributed by atoms with E-state index in [9.17, 15) is 0 Å². The van der Waals surface area contributed by atoms with Crippen molar-refractivity contribution in [2.24, 2.45) is 5.92 Å². The lowest BCUT2D eigenvalue weighted by molar-refractivity contribution is 0.528. The predicted octanol–water partition coefficient (Wildman–Crippen LogP) is 3.50. The molecule has 1 saturated heterocycles. The molecule has 3 heteroatoms. The molecular formula is C15H23BrN2. The first kappa shape index (κ1) is 13.9. The minimum Gasteiger partial charge on any atom is -0.371 e. The Labute approximate surface area is 119 Å². The first-order valence-electron chi connectivity index (χ1n) is 6.84. The molecule has 0 bridgehead atoms. The van der Waals surface area contributed by atoms with Gasteiger partial charge in [-0.1, -0.05) is 22.9 Å². The van der Waals surface area contributed by atoms with Gasteiger partial charge in [-0.2, -0.15) is 0 Å². The van der Waals surface area contributed by atoms with Crippen LogP contribution in [-0.4, -0.2) is 26.2 Å². The number of hydrogen-bond acceptors (Lipinski definition) is 2. The highest BCUT2D eigenvalue weighted by atomic mass is 79.9. The van der Waals surface area contributed by atoms with Gasteiger partial charge in [0.05, 0.1) is 0 Å². The van der Waals surface area contributed by atoms with Crippen LogP contribution in [0.25, 0.3) is 0 Å². The summed E-state index contributed by atoms with van der Waals surface area (Å²) < 4.78 is 1.25. The van der Waals surface area contributed by atoms with Gasteiger partial charge in [0.2, 0.25) is 0 Å². The second-order valence-electron chi connectivity index (χ2n) is 5.30. The van der Waals surface area contributed by atoms with Gasteiger partial charge in [0.25, 0.3) is 0 Å². The Morgan fingerprint density at radius 1 is 1.33 bits per heavy atom. The lowest BCUT2D eigenvalue weighted by Crippen LogP contribution is -2.26. The van der Waals surface area contributed by atoms with Gasteiger partial charge in [-0.15, -0.1) is 0 Å². The fraction of sp³-hybridized carbons (Fsp3) is 0.600. The van der Waals surface area contributed by atoms with Crippen molar-refractivity contribution in [3.8, 4) is 0 Å². The topological polar surface area (TPSA) is 15.3 Å². The van der Waals surface area contributed by atoms with Gasteiger partial charge in [-0.3, -0.25) is 0 Å². The van der Waals surface area contributed by atoms with E-state index in [-0.39, 0.29) is 0 Å². The van der Waals surface area contributed by atoms with Gasteiger partial charge in [0.15, 0.2) is 0 Å². The van der Waals surface area contributed by atoms with Gasteiger partial charge >= 0.3 is 0 Å². The first-order chi connectivity index (χ1) is 8.61. The van der Waals surface area contributed by atoms with E-state index in [1.54, 1.807) is 0 Å². The monoisotopic (exact) mass is 310 g/mol. The third-order valence-electron chi connectivity index (χ3n) is 3.76. The van der Waals surface area contributed by atoms with E-state index in [4.69, 9.17) is 0 Å². The van der Waals surface area contributed by atoms with Crippen molar-refractivity contribution in [1.82, 2.24) is 5.32 Å². The van der Waals surface area contributed by atoms with Crippen molar-refractivity contribution >= 4 is 21.6 Å². The zero-order valence-electron chi connectivity index (χ0n) is 11.6. The second kappa shape index (κ2) is 6.07. The van der Waals surface area contributed by atoms with Crippen LogP contribution in [-0.2, 0) is 0 Å². The maximum Gasteiger partial charge on any atom is 0.0372 e. The van der Waals surface area contributed by atoms with Gasteiger partial charge < -0.3 is 10.2 Å². The number of nitrogens with one attached hydrogen (secondary N) is 1. The summed E-state index contributed by atoms with van der Waals surface area (Å²) in [5.74, 6) is 0.800. The van der Waals surface area contributed by atoms with Crippen LogP contribution < -0.4 is 10.2 Å². The summed E-state index contributed by atoms with van der Waals surface area (Å²) in [5.41, 5.74) is 4.05. The third kappa shape index (κ3) is 3.07. The van der Waals surface area contributed by atoms with Crippen molar-refractivity contribution < 1.29 is 0 Å². The van der Waals surface area contributed by atoms with E-state index < -0.39 is 0 Å². The van der Waals surface area contributed by atoms with Crippen LogP contribution in [0.3, 0.4) is 0 Å². The minimum atomic E-state index is 0.800. The molecule has 0 aromatic heterocycles. The highest BCUT2D eigenvalue weighted by molar-refractivity contribution is 9.10. The Hall–Kier alpha value is -0.540. The molecule has 1 aromatic carbocycles. The van der Waals surface area contributed by atoms with Crippen molar-refractivity contribution in [3.05, 3.63) is 27.7 Å². The van der Waals surface area contributed by atoms with Crippen molar-refractivity contribution in [2.45, 2.75) is 27.2 Å². The van der Waals surface area contributed by atoms with E-state index in [0.29, 0.717) is 0 Å². The summed E-state index contributed by atoms with van der Waals surface area (Å²) in [6.45, 7) is 11.1. The van der Waals surface area contributed by atoms with Gasteiger partial charge in [-0.05, 0) is 62.5 Å². The van der Waals surface area contributed by atoms with Gasteiger partial charge in [-0.25, -0.2) is 0 Å². The molecule has 0 aliphatic carbocycles. The first-order valence-corrected chi connectivity index (χ1v) is 7.63. The standard InChI is InChI=1S/C15H23BrN2/c1-4-17-9-13-5-6-18(10-13)14-7-11(2)15(16)12(3)8-14/h7-8,13,17H,4-6,9-10H2,1-3H3. The summed E-state index contributed by atoms with van der Waals surface area (Å²) in [5, 5.41) is 3.46. The summed E-state index contributed by atoms with van der Waals surface area (Å²) >= 11 is 3.64. The lowest BCUT2D eigenvalue weighted by Gasteiger charge is -2.21. The molecule has 18 heavy (non-hydrogen) atoms. The molecule has 1 fully saturated rings. The molecule has 100 valence electrons. The van der Waals surface area contributed by atoms with Crippen LogP contribution in [0.1, 0.15) is 24.5 Å². The number of anilines is 1. The average molecular weight is 311 g/mol. The van der Waals surface area contributed by atoms with E-state index in [1.807, 2.05) is 0 Å². The molecular weight excluding hydrogens is 288 g/mol. The lowest BCUT2D eigenvalue weighted by atomic mass is 10.1. The van der Waals surface area contributed by atoms with Crippen LogP contribution in [0.4, 0.5) is 5.69 Å². The van der Waals surface area contributed by atoms with Crippen LogP contribution in [0, 0.1) is 19.8 Å². The van der Waals surface area contributed by atoms with Crippen molar-refractivity contribution in [3.63, 3.8) is 0 Å². The van der Waals surface area contributed by atoms with Gasteiger partial charge in [0, 0.05) is 23.2 Å². The number of nitrogens with zero attached hydrogens (tertiary/aromatic N) is 1. The van der Waals surface area contributed by atoms with Crippen molar-refractivity contribution in [2.75, 3.05) is 31.1 Å². The predicted molar refractivity (Wildman–Crippen MR) is 82.5 cm³/mol. The molecule has 1 aromatic rings. The third-order valence-corrected chi connectivity index (χ3v) is 5.01. The smallest absolute Gasteiger partial charge is 0.0372 e. The quantitative estimate of drug-likeness (QED) is 0.915. The van der Waals surface area contributed by atoms with E-state index >= 15 is 0 Å². The van der Waals surface area contributed by atoms with Crippen LogP contribution in [0.5, 0.6) is 0 Å². The molecule has 0 saturated carbocycles. The molecule has 0 amide bonds. The number of hydrogen-bond donors (Lipinski definition) is 1. The van der Waals surface area contributed by atoms with Crippen LogP contribution >= 0.6 is 15.9 Å². The zero-order chi connectivity index (χ0) is 13.1. The fourth-order valence-electron chi connectivity index (χ4n) is 2.69. The fourth-order valence-corrected chi connectivity index (χ4v) is 2.92. The normalized spacial score (nSPS) is 19.6. The maximum atomic E-state index is 3.64. The summed E-state index contributed by atoms with van der Waals surface area (Å²) in [6, 6.07) is 4.60. The highest BCUT2D eigenvalue weighted by Crippen LogP contribution is 2.30. The Morgan fingerprint density at radius 2 is 2.00 bits per heavy atom. The molecule has 2 nitrogen and oxygen atoms in total.